The van der Waals surface area contributed by atoms with E-state index in [0.717, 1.165) is 45.4 Å². The summed E-state index contributed by atoms with van der Waals surface area (Å²) in [4.78, 5) is 16.4. The van der Waals surface area contributed by atoms with Crippen molar-refractivity contribution < 1.29 is 4.79 Å². The molecule has 0 saturated carbocycles. The van der Waals surface area contributed by atoms with Crippen molar-refractivity contribution in [3.05, 3.63) is 0 Å². The summed E-state index contributed by atoms with van der Waals surface area (Å²) in [5.41, 5.74) is 5.79. The van der Waals surface area contributed by atoms with E-state index >= 15 is 0 Å². The van der Waals surface area contributed by atoms with Gasteiger partial charge < -0.3 is 15.5 Å². The van der Waals surface area contributed by atoms with Gasteiger partial charge in [0.15, 0.2) is 0 Å². The quantitative estimate of drug-likeness (QED) is 0.783. The highest BCUT2D eigenvalue weighted by molar-refractivity contribution is 5.81. The van der Waals surface area contributed by atoms with Crippen LogP contribution in [0.25, 0.3) is 0 Å². The Bertz CT molecular complexity index is 233. The van der Waals surface area contributed by atoms with Crippen LogP contribution in [0.15, 0.2) is 0 Å². The average Bonchev–Trinajstić information content (AvgIpc) is 2.39. The second kappa shape index (κ2) is 6.97. The standard InChI is InChI=1S/C13H27N3O/c1-4-12(14)13(17)16-9-7-11(8-10-16)15(5-2)6-3/h11-12H,4-10,14H2,1-3H3/t12-/m0/s1. The van der Waals surface area contributed by atoms with E-state index in [0.29, 0.717) is 6.04 Å². The first kappa shape index (κ1) is 14.5. The van der Waals surface area contributed by atoms with Crippen LogP contribution >= 0.6 is 0 Å². The molecule has 1 atom stereocenters. The third-order valence-corrected chi connectivity index (χ3v) is 3.86. The minimum Gasteiger partial charge on any atom is -0.341 e. The van der Waals surface area contributed by atoms with Crippen LogP contribution in [0, 0.1) is 0 Å². The van der Waals surface area contributed by atoms with Crippen LogP contribution in [0.5, 0.6) is 0 Å². The monoisotopic (exact) mass is 241 g/mol. The van der Waals surface area contributed by atoms with Crippen molar-refractivity contribution in [1.29, 1.82) is 0 Å². The van der Waals surface area contributed by atoms with E-state index in [1.165, 1.54) is 0 Å². The summed E-state index contributed by atoms with van der Waals surface area (Å²) >= 11 is 0. The smallest absolute Gasteiger partial charge is 0.239 e. The zero-order valence-electron chi connectivity index (χ0n) is 11.5. The summed E-state index contributed by atoms with van der Waals surface area (Å²) in [6.45, 7) is 10.3. The second-order valence-electron chi connectivity index (χ2n) is 4.79. The van der Waals surface area contributed by atoms with E-state index in [2.05, 4.69) is 18.7 Å². The predicted molar refractivity (Wildman–Crippen MR) is 70.8 cm³/mol. The number of nitrogens with zero attached hydrogens (tertiary/aromatic N) is 2. The summed E-state index contributed by atoms with van der Waals surface area (Å²) in [7, 11) is 0. The molecule has 4 nitrogen and oxygen atoms in total. The minimum atomic E-state index is -0.306. The first-order valence-corrected chi connectivity index (χ1v) is 6.92. The molecule has 1 rings (SSSR count). The maximum atomic E-state index is 11.9. The van der Waals surface area contributed by atoms with Crippen LogP contribution in [0.3, 0.4) is 0 Å². The Morgan fingerprint density at radius 1 is 1.29 bits per heavy atom. The Labute approximate surface area is 105 Å². The molecule has 1 fully saturated rings. The van der Waals surface area contributed by atoms with Crippen LogP contribution < -0.4 is 5.73 Å². The van der Waals surface area contributed by atoms with Crippen molar-refractivity contribution in [1.82, 2.24) is 9.80 Å². The molecule has 0 aromatic heterocycles. The van der Waals surface area contributed by atoms with Gasteiger partial charge in [-0.25, -0.2) is 0 Å². The number of hydrogen-bond donors (Lipinski definition) is 1. The number of rotatable bonds is 5. The van der Waals surface area contributed by atoms with Gasteiger partial charge in [-0.2, -0.15) is 0 Å². The van der Waals surface area contributed by atoms with Gasteiger partial charge in [0.2, 0.25) is 5.91 Å². The van der Waals surface area contributed by atoms with E-state index in [1.54, 1.807) is 0 Å². The Kier molecular flexibility index (Phi) is 5.92. The van der Waals surface area contributed by atoms with Gasteiger partial charge in [-0.15, -0.1) is 0 Å². The van der Waals surface area contributed by atoms with Gasteiger partial charge in [-0.05, 0) is 32.4 Å². The lowest BCUT2D eigenvalue weighted by Crippen LogP contribution is -2.50. The largest absolute Gasteiger partial charge is 0.341 e. The summed E-state index contributed by atoms with van der Waals surface area (Å²) in [5, 5.41) is 0. The number of hydrogen-bond acceptors (Lipinski definition) is 3. The minimum absolute atomic E-state index is 0.130. The number of likely N-dealkylation sites (tertiary alicyclic amines) is 1. The molecule has 1 aliphatic rings. The number of carbonyl (C=O) groups is 1. The molecule has 1 heterocycles. The molecule has 0 spiro atoms. The summed E-state index contributed by atoms with van der Waals surface area (Å²) in [5.74, 6) is 0.130. The average molecular weight is 241 g/mol. The van der Waals surface area contributed by atoms with Gasteiger partial charge >= 0.3 is 0 Å². The summed E-state index contributed by atoms with van der Waals surface area (Å²) in [6.07, 6.45) is 2.91. The molecule has 0 aliphatic carbocycles. The fourth-order valence-electron chi connectivity index (χ4n) is 2.60. The molecule has 17 heavy (non-hydrogen) atoms. The zero-order chi connectivity index (χ0) is 12.8. The first-order chi connectivity index (χ1) is 8.13. The van der Waals surface area contributed by atoms with Crippen LogP contribution in [-0.2, 0) is 4.79 Å². The van der Waals surface area contributed by atoms with Gasteiger partial charge in [-0.1, -0.05) is 20.8 Å². The fraction of sp³-hybridized carbons (Fsp3) is 0.923. The third-order valence-electron chi connectivity index (χ3n) is 3.86. The van der Waals surface area contributed by atoms with Crippen LogP contribution in [-0.4, -0.2) is 54.0 Å². The molecule has 0 aromatic rings. The molecule has 0 radical (unpaired) electrons. The summed E-state index contributed by atoms with van der Waals surface area (Å²) < 4.78 is 0. The van der Waals surface area contributed by atoms with Gasteiger partial charge in [0.05, 0.1) is 6.04 Å². The van der Waals surface area contributed by atoms with Gasteiger partial charge in [0.25, 0.3) is 0 Å². The normalized spacial score (nSPS) is 19.7. The molecular formula is C13H27N3O. The van der Waals surface area contributed by atoms with Crippen LogP contribution in [0.1, 0.15) is 40.0 Å². The number of amides is 1. The van der Waals surface area contributed by atoms with E-state index < -0.39 is 0 Å². The third kappa shape index (κ3) is 3.68. The molecule has 1 aliphatic heterocycles. The highest BCUT2D eigenvalue weighted by Gasteiger charge is 2.27. The lowest BCUT2D eigenvalue weighted by molar-refractivity contribution is -0.134. The van der Waals surface area contributed by atoms with E-state index in [4.69, 9.17) is 5.73 Å². The van der Waals surface area contributed by atoms with Crippen molar-refractivity contribution in [2.24, 2.45) is 5.73 Å². The molecule has 0 unspecified atom stereocenters. The fourth-order valence-corrected chi connectivity index (χ4v) is 2.60. The second-order valence-corrected chi connectivity index (χ2v) is 4.79. The maximum Gasteiger partial charge on any atom is 0.239 e. The van der Waals surface area contributed by atoms with Gasteiger partial charge in [-0.3, -0.25) is 4.79 Å². The van der Waals surface area contributed by atoms with Crippen molar-refractivity contribution in [2.45, 2.75) is 52.1 Å². The van der Waals surface area contributed by atoms with Crippen molar-refractivity contribution in [3.8, 4) is 0 Å². The van der Waals surface area contributed by atoms with Gasteiger partial charge in [0.1, 0.15) is 0 Å². The first-order valence-electron chi connectivity index (χ1n) is 6.92. The van der Waals surface area contributed by atoms with Crippen molar-refractivity contribution in [3.63, 3.8) is 0 Å². The molecule has 2 N–H and O–H groups in total. The van der Waals surface area contributed by atoms with Crippen LogP contribution in [0.2, 0.25) is 0 Å². The molecule has 0 bridgehead atoms. The SMILES string of the molecule is CC[C@H](N)C(=O)N1CCC(N(CC)CC)CC1. The summed E-state index contributed by atoms with van der Waals surface area (Å²) in [6, 6.07) is 0.340. The van der Waals surface area contributed by atoms with Crippen molar-refractivity contribution in [2.75, 3.05) is 26.2 Å². The van der Waals surface area contributed by atoms with E-state index in [1.807, 2.05) is 11.8 Å². The maximum absolute atomic E-state index is 11.9. The molecular weight excluding hydrogens is 214 g/mol. The zero-order valence-corrected chi connectivity index (χ0v) is 11.5. The highest BCUT2D eigenvalue weighted by atomic mass is 16.2. The van der Waals surface area contributed by atoms with Crippen molar-refractivity contribution >= 4 is 5.91 Å². The van der Waals surface area contributed by atoms with Gasteiger partial charge in [0, 0.05) is 19.1 Å². The molecule has 0 aromatic carbocycles. The predicted octanol–water partition coefficient (Wildman–Crippen LogP) is 1.06. The van der Waals surface area contributed by atoms with E-state index in [9.17, 15) is 4.79 Å². The lowest BCUT2D eigenvalue weighted by Gasteiger charge is -2.38. The van der Waals surface area contributed by atoms with E-state index in [-0.39, 0.29) is 11.9 Å². The topological polar surface area (TPSA) is 49.6 Å². The number of carbonyl (C=O) groups excluding carboxylic acids is 1. The molecule has 1 amide bonds. The molecule has 100 valence electrons. The Morgan fingerprint density at radius 2 is 1.82 bits per heavy atom. The van der Waals surface area contributed by atoms with Crippen LogP contribution in [0.4, 0.5) is 0 Å². The lowest BCUT2D eigenvalue weighted by atomic mass is 10.0. The number of piperidine rings is 1. The Morgan fingerprint density at radius 3 is 2.24 bits per heavy atom. The Balaban J connectivity index is 2.42. The molecule has 4 heteroatoms. The highest BCUT2D eigenvalue weighted by Crippen LogP contribution is 2.17. The molecule has 1 saturated heterocycles. The number of nitrogens with two attached hydrogens (primary N) is 1. The Hall–Kier alpha value is -0.610.